The van der Waals surface area contributed by atoms with Crippen molar-refractivity contribution in [2.75, 3.05) is 0 Å². The van der Waals surface area contributed by atoms with Crippen LogP contribution in [0.2, 0.25) is 0 Å². The van der Waals surface area contributed by atoms with Crippen LogP contribution >= 0.6 is 0 Å². The van der Waals surface area contributed by atoms with Crippen LogP contribution < -0.4 is 10.1 Å². The first kappa shape index (κ1) is 15.1. The first-order valence-corrected chi connectivity index (χ1v) is 6.71. The maximum absolute atomic E-state index is 13.5. The lowest BCUT2D eigenvalue weighted by molar-refractivity contribution is -0.0522. The monoisotopic (exact) mass is 289 g/mol. The average Bonchev–Trinajstić information content (AvgIpc) is 2.40. The van der Waals surface area contributed by atoms with Gasteiger partial charge in [0.05, 0.1) is 6.10 Å². The largest absolute Gasteiger partial charge is 0.432 e. The van der Waals surface area contributed by atoms with Crippen molar-refractivity contribution in [1.82, 2.24) is 5.32 Å². The molecule has 0 amide bonds. The molecule has 1 aliphatic carbocycles. The van der Waals surface area contributed by atoms with Gasteiger partial charge in [0.1, 0.15) is 0 Å². The zero-order valence-corrected chi connectivity index (χ0v) is 11.0. The standard InChI is InChI=1S/C14H18F3NO2/c15-10-7-9(5-6-13(10)20-14(16)17)8-18-11-3-1-2-4-12(11)19/h5-7,11-12,14,18-19H,1-4,8H2. The van der Waals surface area contributed by atoms with Crippen molar-refractivity contribution in [2.45, 2.75) is 51.0 Å². The van der Waals surface area contributed by atoms with Crippen molar-refractivity contribution < 1.29 is 23.0 Å². The summed E-state index contributed by atoms with van der Waals surface area (Å²) in [6.07, 6.45) is 3.36. The summed E-state index contributed by atoms with van der Waals surface area (Å²) in [7, 11) is 0. The van der Waals surface area contributed by atoms with Crippen LogP contribution in [0.5, 0.6) is 5.75 Å². The molecule has 0 radical (unpaired) electrons. The third-order valence-electron chi connectivity index (χ3n) is 3.51. The second-order valence-electron chi connectivity index (χ2n) is 4.98. The van der Waals surface area contributed by atoms with Crippen molar-refractivity contribution in [1.29, 1.82) is 0 Å². The zero-order chi connectivity index (χ0) is 14.5. The minimum absolute atomic E-state index is 0.00352. The van der Waals surface area contributed by atoms with Crippen LogP contribution in [0.1, 0.15) is 31.2 Å². The molecular formula is C14H18F3NO2. The zero-order valence-electron chi connectivity index (χ0n) is 11.0. The number of hydrogen-bond acceptors (Lipinski definition) is 3. The minimum atomic E-state index is -3.04. The van der Waals surface area contributed by atoms with E-state index < -0.39 is 18.2 Å². The highest BCUT2D eigenvalue weighted by Gasteiger charge is 2.22. The molecule has 2 atom stereocenters. The molecule has 0 heterocycles. The van der Waals surface area contributed by atoms with E-state index in [0.717, 1.165) is 25.7 Å². The molecule has 1 aliphatic rings. The number of aliphatic hydroxyl groups excluding tert-OH is 1. The molecule has 0 aliphatic heterocycles. The Morgan fingerprint density at radius 2 is 2.05 bits per heavy atom. The van der Waals surface area contributed by atoms with Gasteiger partial charge in [0.15, 0.2) is 11.6 Å². The molecule has 2 N–H and O–H groups in total. The highest BCUT2D eigenvalue weighted by atomic mass is 19.3. The molecule has 0 aromatic heterocycles. The van der Waals surface area contributed by atoms with Gasteiger partial charge in [0.25, 0.3) is 0 Å². The maximum Gasteiger partial charge on any atom is 0.387 e. The Balaban J connectivity index is 1.91. The number of alkyl halides is 2. The molecule has 1 aromatic rings. The van der Waals surface area contributed by atoms with E-state index in [1.807, 2.05) is 0 Å². The number of ether oxygens (including phenoxy) is 1. The number of rotatable bonds is 5. The Bertz CT molecular complexity index is 442. The van der Waals surface area contributed by atoms with Gasteiger partial charge in [-0.05, 0) is 30.5 Å². The van der Waals surface area contributed by atoms with E-state index in [9.17, 15) is 18.3 Å². The fraction of sp³-hybridized carbons (Fsp3) is 0.571. The smallest absolute Gasteiger partial charge is 0.387 e. The van der Waals surface area contributed by atoms with Crippen LogP contribution in [-0.2, 0) is 6.54 Å². The molecule has 0 saturated heterocycles. The quantitative estimate of drug-likeness (QED) is 0.876. The predicted molar refractivity (Wildman–Crippen MR) is 68.1 cm³/mol. The summed E-state index contributed by atoms with van der Waals surface area (Å²) in [5, 5.41) is 13.0. The number of nitrogens with one attached hydrogen (secondary N) is 1. The molecule has 3 nitrogen and oxygen atoms in total. The maximum atomic E-state index is 13.5. The van der Waals surface area contributed by atoms with Crippen molar-refractivity contribution >= 4 is 0 Å². The summed E-state index contributed by atoms with van der Waals surface area (Å²) >= 11 is 0. The SMILES string of the molecule is OC1CCCCC1NCc1ccc(OC(F)F)c(F)c1. The first-order chi connectivity index (χ1) is 9.56. The van der Waals surface area contributed by atoms with E-state index in [1.54, 1.807) is 0 Å². The van der Waals surface area contributed by atoms with Gasteiger partial charge in [0, 0.05) is 12.6 Å². The van der Waals surface area contributed by atoms with Crippen LogP contribution in [0.3, 0.4) is 0 Å². The molecule has 1 aromatic carbocycles. The van der Waals surface area contributed by atoms with Crippen LogP contribution in [0.15, 0.2) is 18.2 Å². The van der Waals surface area contributed by atoms with Gasteiger partial charge in [-0.3, -0.25) is 0 Å². The van der Waals surface area contributed by atoms with Gasteiger partial charge in [-0.15, -0.1) is 0 Å². The Kier molecular flexibility index (Phi) is 5.25. The molecule has 6 heteroatoms. The van der Waals surface area contributed by atoms with E-state index in [2.05, 4.69) is 10.1 Å². The second kappa shape index (κ2) is 6.95. The summed E-state index contributed by atoms with van der Waals surface area (Å²) in [6, 6.07) is 3.89. The van der Waals surface area contributed by atoms with Gasteiger partial charge < -0.3 is 15.2 Å². The molecule has 0 bridgehead atoms. The van der Waals surface area contributed by atoms with Crippen molar-refractivity contribution in [2.24, 2.45) is 0 Å². The van der Waals surface area contributed by atoms with Gasteiger partial charge >= 0.3 is 6.61 Å². The minimum Gasteiger partial charge on any atom is -0.432 e. The third-order valence-corrected chi connectivity index (χ3v) is 3.51. The predicted octanol–water partition coefficient (Wildman–Crippen LogP) is 2.82. The lowest BCUT2D eigenvalue weighted by Crippen LogP contribution is -2.41. The van der Waals surface area contributed by atoms with Crippen molar-refractivity contribution in [3.63, 3.8) is 0 Å². The third kappa shape index (κ3) is 4.11. The summed E-state index contributed by atoms with van der Waals surface area (Å²) < 4.78 is 41.6. The highest BCUT2D eigenvalue weighted by Crippen LogP contribution is 2.22. The molecular weight excluding hydrogens is 271 g/mol. The topological polar surface area (TPSA) is 41.5 Å². The van der Waals surface area contributed by atoms with E-state index in [-0.39, 0.29) is 12.1 Å². The number of aliphatic hydroxyl groups is 1. The Hall–Kier alpha value is -1.27. The lowest BCUT2D eigenvalue weighted by Gasteiger charge is -2.28. The highest BCUT2D eigenvalue weighted by molar-refractivity contribution is 5.29. The molecule has 0 spiro atoms. The summed E-state index contributed by atoms with van der Waals surface area (Å²) in [5.74, 6) is -1.27. The lowest BCUT2D eigenvalue weighted by atomic mass is 9.92. The fourth-order valence-electron chi connectivity index (χ4n) is 2.44. The van der Waals surface area contributed by atoms with Crippen LogP contribution in [0.25, 0.3) is 0 Å². The summed E-state index contributed by atoms with van der Waals surface area (Å²) in [6.45, 7) is -2.65. The van der Waals surface area contributed by atoms with Gasteiger partial charge in [0.2, 0.25) is 0 Å². The van der Waals surface area contributed by atoms with Crippen LogP contribution in [-0.4, -0.2) is 23.9 Å². The molecule has 1 fully saturated rings. The fourth-order valence-corrected chi connectivity index (χ4v) is 2.44. The first-order valence-electron chi connectivity index (χ1n) is 6.71. The van der Waals surface area contributed by atoms with Gasteiger partial charge in [-0.25, -0.2) is 4.39 Å². The summed E-state index contributed by atoms with van der Waals surface area (Å²) in [4.78, 5) is 0. The van der Waals surface area contributed by atoms with E-state index in [0.29, 0.717) is 12.1 Å². The molecule has 112 valence electrons. The Labute approximate surface area is 115 Å². The van der Waals surface area contributed by atoms with Crippen LogP contribution in [0, 0.1) is 5.82 Å². The molecule has 20 heavy (non-hydrogen) atoms. The van der Waals surface area contributed by atoms with Crippen molar-refractivity contribution in [3.05, 3.63) is 29.6 Å². The number of halogens is 3. The Morgan fingerprint density at radius 1 is 1.30 bits per heavy atom. The van der Waals surface area contributed by atoms with Crippen molar-refractivity contribution in [3.8, 4) is 5.75 Å². The number of hydrogen-bond donors (Lipinski definition) is 2. The van der Waals surface area contributed by atoms with Gasteiger partial charge in [-0.1, -0.05) is 18.9 Å². The normalized spacial score (nSPS) is 23.1. The molecule has 2 rings (SSSR count). The second-order valence-corrected chi connectivity index (χ2v) is 4.98. The number of benzene rings is 1. The molecule has 1 saturated carbocycles. The average molecular weight is 289 g/mol. The van der Waals surface area contributed by atoms with Crippen LogP contribution in [0.4, 0.5) is 13.2 Å². The Morgan fingerprint density at radius 3 is 2.70 bits per heavy atom. The molecule has 2 unspecified atom stereocenters. The van der Waals surface area contributed by atoms with E-state index >= 15 is 0 Å². The van der Waals surface area contributed by atoms with Gasteiger partial charge in [-0.2, -0.15) is 8.78 Å². The van der Waals surface area contributed by atoms with E-state index in [1.165, 1.54) is 18.2 Å². The van der Waals surface area contributed by atoms with E-state index in [4.69, 9.17) is 0 Å². The summed E-state index contributed by atoms with van der Waals surface area (Å²) in [5.41, 5.74) is 0.627.